The predicted molar refractivity (Wildman–Crippen MR) is 75.1 cm³/mol. The summed E-state index contributed by atoms with van der Waals surface area (Å²) in [5, 5.41) is 0. The Kier molecular flexibility index (Phi) is 5.14. The van der Waals surface area contributed by atoms with Crippen LogP contribution < -0.4 is 0 Å². The zero-order chi connectivity index (χ0) is 13.7. The molecule has 1 aromatic carbocycles. The van der Waals surface area contributed by atoms with Crippen LogP contribution >= 0.6 is 0 Å². The molecule has 0 spiro atoms. The van der Waals surface area contributed by atoms with Crippen molar-refractivity contribution in [2.75, 3.05) is 0 Å². The van der Waals surface area contributed by atoms with Crippen LogP contribution in [0.3, 0.4) is 0 Å². The van der Waals surface area contributed by atoms with Crippen molar-refractivity contribution in [3.05, 3.63) is 41.5 Å². The lowest BCUT2D eigenvalue weighted by Gasteiger charge is -2.17. The Bertz CT molecular complexity index is 428. The molecule has 0 saturated heterocycles. The average molecular weight is 246 g/mol. The smallest absolute Gasteiger partial charge is 0.334 e. The minimum absolute atomic E-state index is 0.0864. The van der Waals surface area contributed by atoms with E-state index in [2.05, 4.69) is 13.8 Å². The molecule has 1 rings (SSSR count). The molecule has 0 amide bonds. The van der Waals surface area contributed by atoms with Gasteiger partial charge in [-0.3, -0.25) is 0 Å². The van der Waals surface area contributed by atoms with Gasteiger partial charge in [-0.2, -0.15) is 0 Å². The molecule has 0 bridgehead atoms. The van der Waals surface area contributed by atoms with E-state index >= 15 is 0 Å². The van der Waals surface area contributed by atoms with Gasteiger partial charge in [0.1, 0.15) is 0 Å². The van der Waals surface area contributed by atoms with Gasteiger partial charge in [-0.1, -0.05) is 44.2 Å². The second kappa shape index (κ2) is 6.39. The molecule has 0 aliphatic rings. The number of hydrogen-bond donors (Lipinski definition) is 0. The molecule has 0 aliphatic heterocycles. The van der Waals surface area contributed by atoms with Crippen LogP contribution in [0.5, 0.6) is 0 Å². The number of carbonyl (C=O) groups is 1. The van der Waals surface area contributed by atoms with E-state index in [1.165, 1.54) is 0 Å². The Hall–Kier alpha value is -1.57. The molecule has 0 radical (unpaired) electrons. The van der Waals surface area contributed by atoms with Crippen LogP contribution in [0.2, 0.25) is 0 Å². The second-order valence-corrected chi connectivity index (χ2v) is 5.01. The summed E-state index contributed by atoms with van der Waals surface area (Å²) >= 11 is 0. The molecule has 1 aromatic rings. The maximum absolute atomic E-state index is 12.0. The van der Waals surface area contributed by atoms with Crippen LogP contribution in [0.1, 0.15) is 40.2 Å². The van der Waals surface area contributed by atoms with Gasteiger partial charge in [-0.15, -0.1) is 0 Å². The number of ether oxygens (including phenoxy) is 1. The molecule has 18 heavy (non-hydrogen) atoms. The predicted octanol–water partition coefficient (Wildman–Crippen LogP) is 4.07. The van der Waals surface area contributed by atoms with Gasteiger partial charge in [-0.05, 0) is 37.8 Å². The van der Waals surface area contributed by atoms with Gasteiger partial charge in [0.15, 0.2) is 0 Å². The van der Waals surface area contributed by atoms with Gasteiger partial charge in [-0.25, -0.2) is 4.79 Å². The van der Waals surface area contributed by atoms with Crippen molar-refractivity contribution in [3.8, 4) is 0 Å². The zero-order valence-corrected chi connectivity index (χ0v) is 11.9. The number of allylic oxidation sites excluding steroid dienone is 1. The molecular formula is C16H22O2. The Balaban J connectivity index is 3.15. The third-order valence-corrected chi connectivity index (χ3v) is 2.72. The highest BCUT2D eigenvalue weighted by atomic mass is 16.5. The van der Waals surface area contributed by atoms with Gasteiger partial charge in [0.05, 0.1) is 6.10 Å². The van der Waals surface area contributed by atoms with E-state index in [0.717, 1.165) is 11.1 Å². The molecule has 2 nitrogen and oxygen atoms in total. The molecule has 0 fully saturated rings. The SMILES string of the molecule is C/C(C(=O)OC(C)C)=C(\c1ccccc1)C(C)C. The van der Waals surface area contributed by atoms with Crippen molar-refractivity contribution in [3.63, 3.8) is 0 Å². The first-order valence-corrected chi connectivity index (χ1v) is 6.40. The van der Waals surface area contributed by atoms with Crippen molar-refractivity contribution < 1.29 is 9.53 Å². The molecular weight excluding hydrogens is 224 g/mol. The Morgan fingerprint density at radius 1 is 1.06 bits per heavy atom. The molecule has 0 unspecified atom stereocenters. The van der Waals surface area contributed by atoms with E-state index in [-0.39, 0.29) is 18.0 Å². The van der Waals surface area contributed by atoms with E-state index in [1.807, 2.05) is 51.1 Å². The molecule has 0 saturated carbocycles. The summed E-state index contributed by atoms with van der Waals surface area (Å²) in [4.78, 5) is 12.0. The van der Waals surface area contributed by atoms with Gasteiger partial charge >= 0.3 is 5.97 Å². The molecule has 0 aromatic heterocycles. The Morgan fingerprint density at radius 3 is 2.06 bits per heavy atom. The Labute approximate surface area is 110 Å². The topological polar surface area (TPSA) is 26.3 Å². The quantitative estimate of drug-likeness (QED) is 0.591. The Morgan fingerprint density at radius 2 is 1.61 bits per heavy atom. The summed E-state index contributed by atoms with van der Waals surface area (Å²) in [6.45, 7) is 9.75. The lowest BCUT2D eigenvalue weighted by molar-refractivity contribution is -0.142. The lowest BCUT2D eigenvalue weighted by atomic mass is 9.91. The number of carbonyl (C=O) groups excluding carboxylic acids is 1. The van der Waals surface area contributed by atoms with Crippen LogP contribution in [-0.4, -0.2) is 12.1 Å². The molecule has 0 heterocycles. The van der Waals surface area contributed by atoms with Crippen molar-refractivity contribution in [2.24, 2.45) is 5.92 Å². The highest BCUT2D eigenvalue weighted by Gasteiger charge is 2.17. The highest BCUT2D eigenvalue weighted by Crippen LogP contribution is 2.27. The van der Waals surface area contributed by atoms with Crippen molar-refractivity contribution in [1.29, 1.82) is 0 Å². The van der Waals surface area contributed by atoms with E-state index in [1.54, 1.807) is 0 Å². The average Bonchev–Trinajstić information content (AvgIpc) is 2.29. The summed E-state index contributed by atoms with van der Waals surface area (Å²) < 4.78 is 5.27. The zero-order valence-electron chi connectivity index (χ0n) is 11.9. The normalized spacial score (nSPS) is 12.6. The minimum Gasteiger partial charge on any atom is -0.460 e. The van der Waals surface area contributed by atoms with Crippen LogP contribution in [0.15, 0.2) is 35.9 Å². The molecule has 0 aliphatic carbocycles. The standard InChI is InChI=1S/C16H22O2/c1-11(2)15(14-9-7-6-8-10-14)13(5)16(17)18-12(3)4/h6-12H,1-5H3/b15-13+. The molecule has 98 valence electrons. The largest absolute Gasteiger partial charge is 0.460 e. The summed E-state index contributed by atoms with van der Waals surface area (Å²) in [6.07, 6.45) is -0.0864. The van der Waals surface area contributed by atoms with E-state index < -0.39 is 0 Å². The number of hydrogen-bond acceptors (Lipinski definition) is 2. The van der Waals surface area contributed by atoms with Crippen molar-refractivity contribution in [2.45, 2.75) is 40.7 Å². The van der Waals surface area contributed by atoms with E-state index in [0.29, 0.717) is 5.57 Å². The van der Waals surface area contributed by atoms with Crippen LogP contribution in [-0.2, 0) is 9.53 Å². The molecule has 0 N–H and O–H groups in total. The van der Waals surface area contributed by atoms with E-state index in [9.17, 15) is 4.79 Å². The fraction of sp³-hybridized carbons (Fsp3) is 0.438. The lowest BCUT2D eigenvalue weighted by Crippen LogP contribution is -2.14. The van der Waals surface area contributed by atoms with E-state index in [4.69, 9.17) is 4.74 Å². The number of esters is 1. The number of rotatable bonds is 4. The summed E-state index contributed by atoms with van der Waals surface area (Å²) in [6, 6.07) is 10.0. The first-order chi connectivity index (χ1) is 8.43. The first kappa shape index (κ1) is 14.5. The summed E-state index contributed by atoms with van der Waals surface area (Å²) in [5.41, 5.74) is 2.84. The number of benzene rings is 1. The second-order valence-electron chi connectivity index (χ2n) is 5.01. The minimum atomic E-state index is -0.224. The van der Waals surface area contributed by atoms with Gasteiger partial charge in [0.2, 0.25) is 0 Å². The van der Waals surface area contributed by atoms with Gasteiger partial charge in [0, 0.05) is 5.57 Å². The maximum atomic E-state index is 12.0. The summed E-state index contributed by atoms with van der Waals surface area (Å²) in [7, 11) is 0. The van der Waals surface area contributed by atoms with Crippen molar-refractivity contribution >= 4 is 11.5 Å². The van der Waals surface area contributed by atoms with Crippen LogP contribution in [0, 0.1) is 5.92 Å². The summed E-state index contributed by atoms with van der Waals surface area (Å²) in [5.74, 6) is 0.0599. The fourth-order valence-electron chi connectivity index (χ4n) is 2.01. The highest BCUT2D eigenvalue weighted by molar-refractivity contribution is 5.97. The van der Waals surface area contributed by atoms with Crippen LogP contribution in [0.25, 0.3) is 5.57 Å². The first-order valence-electron chi connectivity index (χ1n) is 6.40. The fourth-order valence-corrected chi connectivity index (χ4v) is 2.01. The van der Waals surface area contributed by atoms with Gasteiger partial charge in [0.25, 0.3) is 0 Å². The monoisotopic (exact) mass is 246 g/mol. The maximum Gasteiger partial charge on any atom is 0.334 e. The molecule has 0 atom stereocenters. The van der Waals surface area contributed by atoms with Gasteiger partial charge < -0.3 is 4.74 Å². The van der Waals surface area contributed by atoms with Crippen LogP contribution in [0.4, 0.5) is 0 Å². The van der Waals surface area contributed by atoms with Crippen molar-refractivity contribution in [1.82, 2.24) is 0 Å². The third kappa shape index (κ3) is 3.73. The third-order valence-electron chi connectivity index (χ3n) is 2.72. The molecule has 2 heteroatoms.